The molecule has 0 spiro atoms. The van der Waals surface area contributed by atoms with E-state index in [-0.39, 0.29) is 5.82 Å². The third-order valence-electron chi connectivity index (χ3n) is 3.24. The molecule has 0 unspecified atom stereocenters. The van der Waals surface area contributed by atoms with Crippen LogP contribution in [0.3, 0.4) is 0 Å². The van der Waals surface area contributed by atoms with Gasteiger partial charge in [-0.3, -0.25) is 0 Å². The van der Waals surface area contributed by atoms with Crippen LogP contribution in [0.25, 0.3) is 21.4 Å². The number of nitrogens with two attached hydrogens (primary N) is 1. The molecule has 0 saturated heterocycles. The average Bonchev–Trinajstić information content (AvgIpc) is 3.01. The third-order valence-corrected chi connectivity index (χ3v) is 4.09. The van der Waals surface area contributed by atoms with Crippen LogP contribution in [-0.4, -0.2) is 19.5 Å². The lowest BCUT2D eigenvalue weighted by Gasteiger charge is -2.03. The van der Waals surface area contributed by atoms with E-state index in [1.54, 1.807) is 6.33 Å². The van der Waals surface area contributed by atoms with Gasteiger partial charge in [-0.2, -0.15) is 0 Å². The number of fused-ring (bicyclic) bond motifs is 2. The van der Waals surface area contributed by atoms with E-state index in [0.29, 0.717) is 22.8 Å². The van der Waals surface area contributed by atoms with Crippen molar-refractivity contribution in [3.63, 3.8) is 0 Å². The number of benzene rings is 1. The molecule has 0 aliphatic heterocycles. The summed E-state index contributed by atoms with van der Waals surface area (Å²) < 4.78 is 16.1. The van der Waals surface area contributed by atoms with Crippen LogP contribution in [0.5, 0.6) is 0 Å². The Hall–Kier alpha value is -2.54. The first kappa shape index (κ1) is 12.2. The summed E-state index contributed by atoms with van der Waals surface area (Å²) in [6.07, 6.45) is 2.87. The molecule has 4 rings (SSSR count). The van der Waals surface area contributed by atoms with Crippen molar-refractivity contribution < 1.29 is 4.39 Å². The number of rotatable bonds is 2. The van der Waals surface area contributed by atoms with Gasteiger partial charge in [0.05, 0.1) is 29.3 Å². The maximum absolute atomic E-state index is 13.1. The van der Waals surface area contributed by atoms with Gasteiger partial charge in [0, 0.05) is 6.07 Å². The van der Waals surface area contributed by atoms with Gasteiger partial charge in [0.2, 0.25) is 0 Å². The van der Waals surface area contributed by atoms with E-state index < -0.39 is 0 Å². The molecular weight excluding hydrogens is 289 g/mol. The maximum Gasteiger partial charge on any atom is 0.181 e. The molecule has 2 N–H and O–H groups in total. The van der Waals surface area contributed by atoms with Crippen molar-refractivity contribution in [1.29, 1.82) is 0 Å². The van der Waals surface area contributed by atoms with Crippen LogP contribution in [0.15, 0.2) is 36.8 Å². The fourth-order valence-corrected chi connectivity index (χ4v) is 3.12. The average molecular weight is 299 g/mol. The number of aromatic nitrogens is 4. The molecule has 0 bridgehead atoms. The number of anilines is 1. The van der Waals surface area contributed by atoms with E-state index in [0.717, 1.165) is 15.8 Å². The largest absolute Gasteiger partial charge is 0.375 e. The van der Waals surface area contributed by atoms with Gasteiger partial charge in [-0.25, -0.2) is 19.3 Å². The zero-order valence-electron chi connectivity index (χ0n) is 10.8. The number of thiazole rings is 1. The zero-order valence-corrected chi connectivity index (χ0v) is 11.6. The number of nitrogens with zero attached hydrogens (tertiary/aromatic N) is 4. The highest BCUT2D eigenvalue weighted by atomic mass is 32.1. The molecule has 5 nitrogen and oxygen atoms in total. The second-order valence-electron chi connectivity index (χ2n) is 4.72. The Morgan fingerprint density at radius 2 is 2.10 bits per heavy atom. The van der Waals surface area contributed by atoms with E-state index in [1.807, 2.05) is 16.7 Å². The Labute approximate surface area is 122 Å². The van der Waals surface area contributed by atoms with E-state index in [1.165, 1.54) is 23.6 Å². The van der Waals surface area contributed by atoms with Crippen LogP contribution in [0.1, 0.15) is 5.56 Å². The fourth-order valence-electron chi connectivity index (χ4n) is 2.32. The van der Waals surface area contributed by atoms with E-state index in [9.17, 15) is 4.39 Å². The van der Waals surface area contributed by atoms with E-state index >= 15 is 0 Å². The van der Waals surface area contributed by atoms with Crippen molar-refractivity contribution in [3.05, 3.63) is 48.2 Å². The summed E-state index contributed by atoms with van der Waals surface area (Å²) in [5.41, 5.74) is 8.93. The van der Waals surface area contributed by atoms with Gasteiger partial charge in [0.1, 0.15) is 11.3 Å². The normalized spacial score (nSPS) is 11.5. The van der Waals surface area contributed by atoms with E-state index in [2.05, 4.69) is 21.0 Å². The van der Waals surface area contributed by atoms with Crippen molar-refractivity contribution >= 4 is 37.8 Å². The highest BCUT2D eigenvalue weighted by Crippen LogP contribution is 2.25. The monoisotopic (exact) mass is 299 g/mol. The minimum atomic E-state index is -0.380. The molecule has 21 heavy (non-hydrogen) atoms. The summed E-state index contributed by atoms with van der Waals surface area (Å²) in [7, 11) is 0. The summed E-state index contributed by atoms with van der Waals surface area (Å²) in [5, 5.41) is 0.562. The predicted molar refractivity (Wildman–Crippen MR) is 80.6 cm³/mol. The Balaban J connectivity index is 1.75. The SMILES string of the molecule is Nc1nc2ccc(Cn3cnc4cc(F)cnc43)cc2s1. The number of imidazole rings is 1. The number of hydrogen-bond acceptors (Lipinski definition) is 5. The standard InChI is InChI=1S/C14H10FN5S/c15-9-4-11-13(17-5-9)20(7-18-11)6-8-1-2-10-12(3-8)21-14(16)19-10/h1-5,7H,6H2,(H2,16,19). The van der Waals surface area contributed by atoms with Crippen LogP contribution in [0.2, 0.25) is 0 Å². The predicted octanol–water partition coefficient (Wildman–Crippen LogP) is 2.81. The molecule has 1 aromatic carbocycles. The van der Waals surface area contributed by atoms with Crippen molar-refractivity contribution in [2.24, 2.45) is 0 Å². The molecule has 0 radical (unpaired) electrons. The van der Waals surface area contributed by atoms with E-state index in [4.69, 9.17) is 5.73 Å². The van der Waals surface area contributed by atoms with Crippen molar-refractivity contribution in [2.45, 2.75) is 6.54 Å². The summed E-state index contributed by atoms with van der Waals surface area (Å²) in [6.45, 7) is 0.614. The molecule has 0 aliphatic rings. The Kier molecular flexibility index (Phi) is 2.61. The van der Waals surface area contributed by atoms with Gasteiger partial charge in [-0.1, -0.05) is 17.4 Å². The molecule has 3 aromatic heterocycles. The second kappa shape index (κ2) is 4.49. The Bertz CT molecular complexity index is 958. The number of hydrogen-bond donors (Lipinski definition) is 1. The number of nitrogen functional groups attached to an aromatic ring is 1. The van der Waals surface area contributed by atoms with Gasteiger partial charge >= 0.3 is 0 Å². The smallest absolute Gasteiger partial charge is 0.181 e. The first-order valence-electron chi connectivity index (χ1n) is 6.30. The molecule has 0 fully saturated rings. The maximum atomic E-state index is 13.1. The van der Waals surface area contributed by atoms with Crippen LogP contribution >= 0.6 is 11.3 Å². The lowest BCUT2D eigenvalue weighted by molar-refractivity contribution is 0.623. The van der Waals surface area contributed by atoms with Crippen LogP contribution in [0, 0.1) is 5.82 Å². The van der Waals surface area contributed by atoms with Crippen LogP contribution in [0.4, 0.5) is 9.52 Å². The topological polar surface area (TPSA) is 69.6 Å². The van der Waals surface area contributed by atoms with Crippen molar-refractivity contribution in [1.82, 2.24) is 19.5 Å². The Morgan fingerprint density at radius 3 is 3.00 bits per heavy atom. The van der Waals surface area contributed by atoms with Crippen molar-refractivity contribution in [2.75, 3.05) is 5.73 Å². The zero-order chi connectivity index (χ0) is 14.4. The molecular formula is C14H10FN5S. The molecule has 7 heteroatoms. The van der Waals surface area contributed by atoms with Crippen molar-refractivity contribution in [3.8, 4) is 0 Å². The molecule has 0 atom stereocenters. The Morgan fingerprint density at radius 1 is 1.19 bits per heavy atom. The molecule has 0 aliphatic carbocycles. The number of halogens is 1. The highest BCUT2D eigenvalue weighted by Gasteiger charge is 2.07. The van der Waals surface area contributed by atoms with Gasteiger partial charge in [0.15, 0.2) is 10.8 Å². The quantitative estimate of drug-likeness (QED) is 0.618. The van der Waals surface area contributed by atoms with Gasteiger partial charge in [-0.05, 0) is 17.7 Å². The first-order valence-corrected chi connectivity index (χ1v) is 7.12. The summed E-state index contributed by atoms with van der Waals surface area (Å²) >= 11 is 1.46. The van der Waals surface area contributed by atoms with Gasteiger partial charge < -0.3 is 10.3 Å². The highest BCUT2D eigenvalue weighted by molar-refractivity contribution is 7.22. The minimum Gasteiger partial charge on any atom is -0.375 e. The molecule has 0 saturated carbocycles. The summed E-state index contributed by atoms with van der Waals surface area (Å²) in [6, 6.07) is 7.38. The number of pyridine rings is 1. The lowest BCUT2D eigenvalue weighted by atomic mass is 10.2. The molecule has 4 aromatic rings. The fraction of sp³-hybridized carbons (Fsp3) is 0.0714. The minimum absolute atomic E-state index is 0.380. The molecule has 104 valence electrons. The third kappa shape index (κ3) is 2.11. The van der Waals surface area contributed by atoms with Crippen LogP contribution in [-0.2, 0) is 6.54 Å². The van der Waals surface area contributed by atoms with Gasteiger partial charge in [0.25, 0.3) is 0 Å². The molecule has 3 heterocycles. The molecule has 0 amide bonds. The summed E-state index contributed by atoms with van der Waals surface area (Å²) in [5.74, 6) is -0.380. The van der Waals surface area contributed by atoms with Crippen LogP contribution < -0.4 is 5.73 Å². The van der Waals surface area contributed by atoms with Gasteiger partial charge in [-0.15, -0.1) is 0 Å². The summed E-state index contributed by atoms with van der Waals surface area (Å²) in [4.78, 5) is 12.5. The lowest BCUT2D eigenvalue weighted by Crippen LogP contribution is -1.99. The second-order valence-corrected chi connectivity index (χ2v) is 5.79. The first-order chi connectivity index (χ1) is 10.2.